The fourth-order valence-electron chi connectivity index (χ4n) is 2.53. The predicted molar refractivity (Wildman–Crippen MR) is 72.4 cm³/mol. The monoisotopic (exact) mass is 260 g/mol. The van der Waals surface area contributed by atoms with E-state index in [9.17, 15) is 0 Å². The summed E-state index contributed by atoms with van der Waals surface area (Å²) in [4.78, 5) is 0. The van der Waals surface area contributed by atoms with Crippen LogP contribution in [0.5, 0.6) is 0 Å². The number of nitrogens with zero attached hydrogens (tertiary/aromatic N) is 1. The molecule has 19 heavy (non-hydrogen) atoms. The first-order valence-electron chi connectivity index (χ1n) is 6.66. The summed E-state index contributed by atoms with van der Waals surface area (Å²) in [5.41, 5.74) is 1.87. The summed E-state index contributed by atoms with van der Waals surface area (Å²) in [5.74, 6) is 0. The zero-order valence-corrected chi connectivity index (χ0v) is 11.1. The minimum absolute atomic E-state index is 0.0710. The van der Waals surface area contributed by atoms with E-state index in [0.29, 0.717) is 5.56 Å². The van der Waals surface area contributed by atoms with E-state index >= 15 is 0 Å². The van der Waals surface area contributed by atoms with E-state index in [-0.39, 0.29) is 12.0 Å². The van der Waals surface area contributed by atoms with Crippen LogP contribution in [0.15, 0.2) is 24.3 Å². The molecule has 1 aliphatic heterocycles. The van der Waals surface area contributed by atoms with Gasteiger partial charge in [-0.2, -0.15) is 5.26 Å². The van der Waals surface area contributed by atoms with Crippen molar-refractivity contribution in [3.63, 3.8) is 0 Å². The normalized spacial score (nSPS) is 22.3. The first-order valence-corrected chi connectivity index (χ1v) is 6.66. The zero-order chi connectivity index (χ0) is 13.6. The van der Waals surface area contributed by atoms with Gasteiger partial charge in [0, 0.05) is 31.7 Å². The van der Waals surface area contributed by atoms with Crippen molar-refractivity contribution in [2.75, 3.05) is 26.4 Å². The summed E-state index contributed by atoms with van der Waals surface area (Å²) in [6.07, 6.45) is 1.77. The standard InChI is InChI=1S/C15H20N2O2/c16-9-13-2-1-3-14(8-13)10-17-11-15(4-6-18)5-7-19-12-15/h1-3,8,17-18H,4-7,10-12H2. The zero-order valence-electron chi connectivity index (χ0n) is 11.1. The summed E-state index contributed by atoms with van der Waals surface area (Å²) < 4.78 is 5.46. The Morgan fingerprint density at radius 1 is 1.47 bits per heavy atom. The van der Waals surface area contributed by atoms with E-state index in [1.54, 1.807) is 0 Å². The fraction of sp³-hybridized carbons (Fsp3) is 0.533. The smallest absolute Gasteiger partial charge is 0.0991 e. The number of aliphatic hydroxyl groups is 1. The van der Waals surface area contributed by atoms with Gasteiger partial charge >= 0.3 is 0 Å². The van der Waals surface area contributed by atoms with Crippen LogP contribution in [0.3, 0.4) is 0 Å². The average Bonchev–Trinajstić information content (AvgIpc) is 2.88. The molecule has 102 valence electrons. The van der Waals surface area contributed by atoms with Crippen molar-refractivity contribution in [1.29, 1.82) is 5.26 Å². The first kappa shape index (κ1) is 14.0. The van der Waals surface area contributed by atoms with Crippen LogP contribution < -0.4 is 5.32 Å². The number of ether oxygens (including phenoxy) is 1. The molecular formula is C15H20N2O2. The number of benzene rings is 1. The summed E-state index contributed by atoms with van der Waals surface area (Å²) in [6.45, 7) is 3.28. The van der Waals surface area contributed by atoms with E-state index < -0.39 is 0 Å². The molecular weight excluding hydrogens is 240 g/mol. The molecule has 0 spiro atoms. The van der Waals surface area contributed by atoms with Crippen LogP contribution in [-0.2, 0) is 11.3 Å². The lowest BCUT2D eigenvalue weighted by molar-refractivity contribution is 0.124. The van der Waals surface area contributed by atoms with Crippen molar-refractivity contribution in [1.82, 2.24) is 5.32 Å². The second-order valence-corrected chi connectivity index (χ2v) is 5.19. The fourth-order valence-corrected chi connectivity index (χ4v) is 2.53. The highest BCUT2D eigenvalue weighted by Gasteiger charge is 2.33. The average molecular weight is 260 g/mol. The molecule has 4 heteroatoms. The number of aliphatic hydroxyl groups excluding tert-OH is 1. The Balaban J connectivity index is 1.86. The maximum absolute atomic E-state index is 9.16. The van der Waals surface area contributed by atoms with E-state index in [0.717, 1.165) is 44.7 Å². The lowest BCUT2D eigenvalue weighted by Crippen LogP contribution is -2.35. The van der Waals surface area contributed by atoms with Crippen LogP contribution in [0.25, 0.3) is 0 Å². The van der Waals surface area contributed by atoms with Crippen molar-refractivity contribution in [3.8, 4) is 6.07 Å². The van der Waals surface area contributed by atoms with Crippen LogP contribution >= 0.6 is 0 Å². The Bertz CT molecular complexity index is 448. The molecule has 0 aromatic heterocycles. The molecule has 0 aliphatic carbocycles. The Morgan fingerprint density at radius 3 is 3.05 bits per heavy atom. The topological polar surface area (TPSA) is 65.3 Å². The van der Waals surface area contributed by atoms with Crippen LogP contribution in [0.2, 0.25) is 0 Å². The summed E-state index contributed by atoms with van der Waals surface area (Å²) in [6, 6.07) is 9.76. The molecule has 2 rings (SSSR count). The van der Waals surface area contributed by atoms with E-state index in [1.165, 1.54) is 0 Å². The second kappa shape index (κ2) is 6.67. The first-order chi connectivity index (χ1) is 9.28. The van der Waals surface area contributed by atoms with Crippen LogP contribution in [0.1, 0.15) is 24.0 Å². The van der Waals surface area contributed by atoms with E-state index in [1.807, 2.05) is 24.3 Å². The van der Waals surface area contributed by atoms with Crippen LogP contribution in [-0.4, -0.2) is 31.5 Å². The van der Waals surface area contributed by atoms with Crippen molar-refractivity contribution < 1.29 is 9.84 Å². The van der Waals surface area contributed by atoms with E-state index in [4.69, 9.17) is 15.1 Å². The molecule has 1 saturated heterocycles. The van der Waals surface area contributed by atoms with Crippen molar-refractivity contribution >= 4 is 0 Å². The third-order valence-electron chi connectivity index (χ3n) is 3.71. The Hall–Kier alpha value is -1.41. The highest BCUT2D eigenvalue weighted by Crippen LogP contribution is 2.31. The Morgan fingerprint density at radius 2 is 2.37 bits per heavy atom. The molecule has 1 unspecified atom stereocenters. The molecule has 0 amide bonds. The van der Waals surface area contributed by atoms with Gasteiger partial charge in [-0.15, -0.1) is 0 Å². The number of rotatable bonds is 6. The molecule has 1 heterocycles. The molecule has 1 aromatic rings. The number of hydrogen-bond donors (Lipinski definition) is 2. The van der Waals surface area contributed by atoms with E-state index in [2.05, 4.69) is 11.4 Å². The largest absolute Gasteiger partial charge is 0.396 e. The molecule has 1 aliphatic rings. The molecule has 0 saturated carbocycles. The lowest BCUT2D eigenvalue weighted by atomic mass is 9.84. The number of nitrogens with one attached hydrogen (secondary N) is 1. The van der Waals surface area contributed by atoms with Crippen LogP contribution in [0.4, 0.5) is 0 Å². The van der Waals surface area contributed by atoms with Gasteiger partial charge in [-0.25, -0.2) is 0 Å². The van der Waals surface area contributed by atoms with Gasteiger partial charge in [-0.05, 0) is 30.5 Å². The second-order valence-electron chi connectivity index (χ2n) is 5.19. The van der Waals surface area contributed by atoms with Crippen molar-refractivity contribution in [2.45, 2.75) is 19.4 Å². The number of hydrogen-bond acceptors (Lipinski definition) is 4. The minimum Gasteiger partial charge on any atom is -0.396 e. The number of nitriles is 1. The molecule has 0 bridgehead atoms. The summed E-state index contributed by atoms with van der Waals surface area (Å²) >= 11 is 0. The van der Waals surface area contributed by atoms with Gasteiger partial charge in [0.15, 0.2) is 0 Å². The van der Waals surface area contributed by atoms with Gasteiger partial charge in [0.2, 0.25) is 0 Å². The quantitative estimate of drug-likeness (QED) is 0.812. The van der Waals surface area contributed by atoms with Gasteiger partial charge < -0.3 is 15.2 Å². The molecule has 2 N–H and O–H groups in total. The third-order valence-corrected chi connectivity index (χ3v) is 3.71. The van der Waals surface area contributed by atoms with Crippen LogP contribution in [0, 0.1) is 16.7 Å². The molecule has 4 nitrogen and oxygen atoms in total. The summed E-state index contributed by atoms with van der Waals surface area (Å²) in [5, 5.41) is 21.4. The highest BCUT2D eigenvalue weighted by atomic mass is 16.5. The third kappa shape index (κ3) is 3.77. The van der Waals surface area contributed by atoms with Gasteiger partial charge in [0.05, 0.1) is 18.2 Å². The SMILES string of the molecule is N#Cc1cccc(CNCC2(CCO)CCOC2)c1. The lowest BCUT2D eigenvalue weighted by Gasteiger charge is -2.26. The Labute approximate surface area is 114 Å². The van der Waals surface area contributed by atoms with Crippen molar-refractivity contribution in [2.24, 2.45) is 5.41 Å². The van der Waals surface area contributed by atoms with Gasteiger partial charge in [0.25, 0.3) is 0 Å². The van der Waals surface area contributed by atoms with Gasteiger partial charge in [-0.3, -0.25) is 0 Å². The maximum Gasteiger partial charge on any atom is 0.0991 e. The maximum atomic E-state index is 9.16. The molecule has 0 radical (unpaired) electrons. The van der Waals surface area contributed by atoms with Gasteiger partial charge in [0.1, 0.15) is 0 Å². The molecule has 1 aromatic carbocycles. The molecule has 1 atom stereocenters. The summed E-state index contributed by atoms with van der Waals surface area (Å²) in [7, 11) is 0. The highest BCUT2D eigenvalue weighted by molar-refractivity contribution is 5.32. The minimum atomic E-state index is 0.0710. The molecule has 1 fully saturated rings. The van der Waals surface area contributed by atoms with Crippen molar-refractivity contribution in [3.05, 3.63) is 35.4 Å². The van der Waals surface area contributed by atoms with Gasteiger partial charge in [-0.1, -0.05) is 12.1 Å². The predicted octanol–water partition coefficient (Wildman–Crippen LogP) is 1.44. The Kier molecular flexibility index (Phi) is 4.92.